The number of nitro groups is 1. The number of rotatable bonds is 2. The predicted octanol–water partition coefficient (Wildman–Crippen LogP) is 0.333. The number of aliphatic hydroxyl groups is 1. The molecule has 0 bridgehead atoms. The van der Waals surface area contributed by atoms with E-state index in [1.165, 1.54) is 12.1 Å². The van der Waals surface area contributed by atoms with Gasteiger partial charge in [-0.05, 0) is 12.5 Å². The monoisotopic (exact) mass is 293 g/mol. The number of hydrogen-bond acceptors (Lipinski definition) is 6. The molecule has 1 amide bonds. The summed E-state index contributed by atoms with van der Waals surface area (Å²) in [6, 6.07) is 2.64. The number of anilines is 1. The van der Waals surface area contributed by atoms with Gasteiger partial charge < -0.3 is 15.2 Å². The summed E-state index contributed by atoms with van der Waals surface area (Å²) in [5, 5.41) is 24.5. The standard InChI is InChI=1S/C13H15N3O5/c1-8-6-9(16(19)20)7-10-11(8)14-12(17)13(10,18)15-2-4-21-5-3-15/h6-7,18H,2-5H2,1H3,(H,14,17)/t13-/m1/s1. The van der Waals surface area contributed by atoms with Crippen molar-refractivity contribution in [1.82, 2.24) is 4.90 Å². The van der Waals surface area contributed by atoms with Crippen LogP contribution in [0.2, 0.25) is 0 Å². The Morgan fingerprint density at radius 2 is 2.10 bits per heavy atom. The highest BCUT2D eigenvalue weighted by Crippen LogP contribution is 2.42. The maximum atomic E-state index is 12.3. The molecule has 0 spiro atoms. The van der Waals surface area contributed by atoms with E-state index in [2.05, 4.69) is 5.32 Å². The number of aryl methyl sites for hydroxylation is 1. The third-order valence-electron chi connectivity index (χ3n) is 3.93. The fourth-order valence-electron chi connectivity index (χ4n) is 2.84. The minimum absolute atomic E-state index is 0.144. The lowest BCUT2D eigenvalue weighted by Gasteiger charge is -2.37. The van der Waals surface area contributed by atoms with Gasteiger partial charge in [-0.1, -0.05) is 0 Å². The zero-order chi connectivity index (χ0) is 15.2. The highest BCUT2D eigenvalue weighted by Gasteiger charge is 2.51. The quantitative estimate of drug-likeness (QED) is 0.601. The molecule has 8 heteroatoms. The fourth-order valence-corrected chi connectivity index (χ4v) is 2.84. The van der Waals surface area contributed by atoms with E-state index in [-0.39, 0.29) is 11.3 Å². The first-order chi connectivity index (χ1) is 9.94. The zero-order valence-corrected chi connectivity index (χ0v) is 11.5. The summed E-state index contributed by atoms with van der Waals surface area (Å²) in [5.41, 5.74) is -0.789. The first-order valence-electron chi connectivity index (χ1n) is 6.60. The minimum atomic E-state index is -1.88. The molecule has 0 unspecified atom stereocenters. The van der Waals surface area contributed by atoms with E-state index in [0.717, 1.165) is 0 Å². The Labute approximate surface area is 120 Å². The van der Waals surface area contributed by atoms with Crippen molar-refractivity contribution in [3.63, 3.8) is 0 Å². The average Bonchev–Trinajstić information content (AvgIpc) is 2.74. The average molecular weight is 293 g/mol. The molecule has 1 fully saturated rings. The van der Waals surface area contributed by atoms with Crippen molar-refractivity contribution in [2.45, 2.75) is 12.6 Å². The highest BCUT2D eigenvalue weighted by atomic mass is 16.6. The summed E-state index contributed by atoms with van der Waals surface area (Å²) in [7, 11) is 0. The van der Waals surface area contributed by atoms with Crippen molar-refractivity contribution in [1.29, 1.82) is 0 Å². The topological polar surface area (TPSA) is 105 Å². The third kappa shape index (κ3) is 1.99. The van der Waals surface area contributed by atoms with Gasteiger partial charge in [-0.15, -0.1) is 0 Å². The Morgan fingerprint density at radius 3 is 2.71 bits per heavy atom. The molecule has 1 aromatic rings. The molecule has 1 aromatic carbocycles. The SMILES string of the molecule is Cc1cc([N+](=O)[O-])cc2c1NC(=O)[C@@]2(O)N1CCOCC1. The van der Waals surface area contributed by atoms with Crippen LogP contribution in [-0.4, -0.2) is 47.1 Å². The second-order valence-electron chi connectivity index (χ2n) is 5.17. The maximum Gasteiger partial charge on any atom is 0.276 e. The first-order valence-corrected chi connectivity index (χ1v) is 6.60. The molecule has 1 atom stereocenters. The van der Waals surface area contributed by atoms with Crippen molar-refractivity contribution >= 4 is 17.3 Å². The molecule has 2 N–H and O–H groups in total. The maximum absolute atomic E-state index is 12.3. The van der Waals surface area contributed by atoms with Crippen molar-refractivity contribution in [2.24, 2.45) is 0 Å². The second kappa shape index (κ2) is 4.76. The first kappa shape index (κ1) is 13.9. The van der Waals surface area contributed by atoms with Crippen molar-refractivity contribution in [2.75, 3.05) is 31.6 Å². The van der Waals surface area contributed by atoms with E-state index in [9.17, 15) is 20.0 Å². The van der Waals surface area contributed by atoms with Crippen LogP contribution >= 0.6 is 0 Å². The summed E-state index contributed by atoms with van der Waals surface area (Å²) >= 11 is 0. The van der Waals surface area contributed by atoms with Crippen molar-refractivity contribution in [3.8, 4) is 0 Å². The van der Waals surface area contributed by atoms with Gasteiger partial charge in [-0.3, -0.25) is 19.8 Å². The number of fused-ring (bicyclic) bond motifs is 1. The Balaban J connectivity index is 2.13. The highest BCUT2D eigenvalue weighted by molar-refractivity contribution is 6.05. The number of ether oxygens (including phenoxy) is 1. The van der Waals surface area contributed by atoms with Gasteiger partial charge in [0.25, 0.3) is 11.6 Å². The summed E-state index contributed by atoms with van der Waals surface area (Å²) in [5.74, 6) is -0.581. The van der Waals surface area contributed by atoms with Gasteiger partial charge in [0.1, 0.15) is 0 Å². The van der Waals surface area contributed by atoms with Gasteiger partial charge in [0.15, 0.2) is 0 Å². The lowest BCUT2D eigenvalue weighted by atomic mass is 9.99. The molecule has 8 nitrogen and oxygen atoms in total. The van der Waals surface area contributed by atoms with Crippen molar-refractivity contribution in [3.05, 3.63) is 33.4 Å². The number of morpholine rings is 1. The Kier molecular flexibility index (Phi) is 3.16. The van der Waals surface area contributed by atoms with Gasteiger partial charge in [-0.25, -0.2) is 0 Å². The summed E-state index contributed by atoms with van der Waals surface area (Å²) in [6.07, 6.45) is 0. The van der Waals surface area contributed by atoms with Gasteiger partial charge >= 0.3 is 0 Å². The number of hydrogen-bond donors (Lipinski definition) is 2. The molecule has 1 saturated heterocycles. The number of carbonyl (C=O) groups is 1. The van der Waals surface area contributed by atoms with E-state index in [0.29, 0.717) is 37.6 Å². The molecule has 2 aliphatic rings. The number of amides is 1. The molecule has 2 aliphatic heterocycles. The fraction of sp³-hybridized carbons (Fsp3) is 0.462. The summed E-state index contributed by atoms with van der Waals surface area (Å²) in [6.45, 7) is 3.23. The molecule has 21 heavy (non-hydrogen) atoms. The molecular formula is C13H15N3O5. The molecule has 0 aromatic heterocycles. The molecule has 0 radical (unpaired) electrons. The van der Waals surface area contributed by atoms with Crippen LogP contribution in [0.3, 0.4) is 0 Å². The lowest BCUT2D eigenvalue weighted by molar-refractivity contribution is -0.385. The number of nitrogens with one attached hydrogen (secondary N) is 1. The molecule has 0 saturated carbocycles. The number of nitro benzene ring substituents is 1. The van der Waals surface area contributed by atoms with Gasteiger partial charge in [0, 0.05) is 30.8 Å². The van der Waals surface area contributed by atoms with Crippen LogP contribution in [0.15, 0.2) is 12.1 Å². The Bertz CT molecular complexity index is 626. The van der Waals surface area contributed by atoms with E-state index < -0.39 is 16.6 Å². The normalized spacial score (nSPS) is 25.5. The van der Waals surface area contributed by atoms with E-state index >= 15 is 0 Å². The van der Waals surface area contributed by atoms with E-state index in [1.54, 1.807) is 11.8 Å². The van der Waals surface area contributed by atoms with Gasteiger partial charge in [-0.2, -0.15) is 0 Å². The molecule has 112 valence electrons. The number of carbonyl (C=O) groups excluding carboxylic acids is 1. The zero-order valence-electron chi connectivity index (χ0n) is 11.5. The summed E-state index contributed by atoms with van der Waals surface area (Å²) in [4.78, 5) is 24.3. The molecule has 0 aliphatic carbocycles. The lowest BCUT2D eigenvalue weighted by Crippen LogP contribution is -2.55. The molecular weight excluding hydrogens is 278 g/mol. The van der Waals surface area contributed by atoms with E-state index in [1.807, 2.05) is 0 Å². The van der Waals surface area contributed by atoms with Crippen LogP contribution in [0.25, 0.3) is 0 Å². The largest absolute Gasteiger partial charge is 0.379 e. The number of nitrogens with zero attached hydrogens (tertiary/aromatic N) is 2. The molecule has 3 rings (SSSR count). The minimum Gasteiger partial charge on any atom is -0.379 e. The predicted molar refractivity (Wildman–Crippen MR) is 72.8 cm³/mol. The number of benzene rings is 1. The van der Waals surface area contributed by atoms with Crippen LogP contribution < -0.4 is 5.32 Å². The van der Waals surface area contributed by atoms with Crippen LogP contribution in [0.4, 0.5) is 11.4 Å². The second-order valence-corrected chi connectivity index (χ2v) is 5.17. The van der Waals surface area contributed by atoms with Crippen LogP contribution in [0.5, 0.6) is 0 Å². The van der Waals surface area contributed by atoms with Gasteiger partial charge in [0.05, 0.1) is 23.8 Å². The summed E-state index contributed by atoms with van der Waals surface area (Å²) < 4.78 is 5.22. The number of non-ortho nitro benzene ring substituents is 1. The van der Waals surface area contributed by atoms with Crippen LogP contribution in [0.1, 0.15) is 11.1 Å². The Morgan fingerprint density at radius 1 is 1.43 bits per heavy atom. The van der Waals surface area contributed by atoms with Crippen LogP contribution in [0, 0.1) is 17.0 Å². The van der Waals surface area contributed by atoms with E-state index in [4.69, 9.17) is 4.74 Å². The van der Waals surface area contributed by atoms with Crippen LogP contribution in [-0.2, 0) is 15.3 Å². The molecule has 2 heterocycles. The third-order valence-corrected chi connectivity index (χ3v) is 3.93. The Hall–Kier alpha value is -2.03. The van der Waals surface area contributed by atoms with Crippen molar-refractivity contribution < 1.29 is 19.6 Å². The van der Waals surface area contributed by atoms with Gasteiger partial charge in [0.2, 0.25) is 5.72 Å². The smallest absolute Gasteiger partial charge is 0.276 e.